The second-order valence-electron chi connectivity index (χ2n) is 3.18. The first-order chi connectivity index (χ1) is 7.06. The van der Waals surface area contributed by atoms with Gasteiger partial charge in [-0.1, -0.05) is 12.1 Å². The van der Waals surface area contributed by atoms with Gasteiger partial charge in [0.15, 0.2) is 5.38 Å². The smallest absolute Gasteiger partial charge is 0.326 e. The normalized spacial score (nSPS) is 12.2. The number of alkyl halides is 1. The van der Waals surface area contributed by atoms with Gasteiger partial charge in [0.05, 0.1) is 6.61 Å². The van der Waals surface area contributed by atoms with Crippen LogP contribution in [-0.4, -0.2) is 17.7 Å². The number of hydrogen-bond acceptors (Lipinski definition) is 2. The Kier molecular flexibility index (Phi) is 3.97. The van der Waals surface area contributed by atoms with Crippen molar-refractivity contribution in [3.8, 4) is 5.75 Å². The van der Waals surface area contributed by atoms with Crippen LogP contribution in [0.2, 0.25) is 0 Å². The standard InChI is InChI=1S/C11H13ClO3/c1-3-15-9-6-7(2)4-5-8(9)10(12)11(13)14/h4-6,10H,3H2,1-2H3,(H,13,14). The minimum atomic E-state index is -1.07. The zero-order chi connectivity index (χ0) is 11.4. The van der Waals surface area contributed by atoms with Crippen molar-refractivity contribution in [1.29, 1.82) is 0 Å². The first-order valence-electron chi connectivity index (χ1n) is 4.66. The maximum atomic E-state index is 10.8. The minimum absolute atomic E-state index is 0.486. The van der Waals surface area contributed by atoms with E-state index in [1.807, 2.05) is 19.9 Å². The van der Waals surface area contributed by atoms with Crippen LogP contribution in [0.25, 0.3) is 0 Å². The number of carboxylic acids is 1. The van der Waals surface area contributed by atoms with Crippen molar-refractivity contribution in [1.82, 2.24) is 0 Å². The van der Waals surface area contributed by atoms with Gasteiger partial charge in [0.2, 0.25) is 0 Å². The SMILES string of the molecule is CCOc1cc(C)ccc1C(Cl)C(=O)O. The molecule has 1 aromatic rings. The Hall–Kier alpha value is -1.22. The molecule has 82 valence electrons. The van der Waals surface area contributed by atoms with E-state index in [1.54, 1.807) is 12.1 Å². The largest absolute Gasteiger partial charge is 0.494 e. The van der Waals surface area contributed by atoms with Gasteiger partial charge in [-0.3, -0.25) is 4.79 Å². The lowest BCUT2D eigenvalue weighted by molar-refractivity contribution is -0.136. The van der Waals surface area contributed by atoms with Gasteiger partial charge in [-0.15, -0.1) is 11.6 Å². The molecule has 0 aliphatic rings. The van der Waals surface area contributed by atoms with Crippen LogP contribution in [0.5, 0.6) is 5.75 Å². The van der Waals surface area contributed by atoms with Crippen LogP contribution in [0.3, 0.4) is 0 Å². The third kappa shape index (κ3) is 2.86. The maximum Gasteiger partial charge on any atom is 0.326 e. The van der Waals surface area contributed by atoms with E-state index in [2.05, 4.69) is 0 Å². The highest BCUT2D eigenvalue weighted by Gasteiger charge is 2.20. The summed E-state index contributed by atoms with van der Waals surface area (Å²) in [6.45, 7) is 4.24. The topological polar surface area (TPSA) is 46.5 Å². The van der Waals surface area contributed by atoms with Crippen molar-refractivity contribution in [2.75, 3.05) is 6.61 Å². The van der Waals surface area contributed by atoms with E-state index in [0.29, 0.717) is 17.9 Å². The summed E-state index contributed by atoms with van der Waals surface area (Å²) >= 11 is 5.75. The third-order valence-corrected chi connectivity index (χ3v) is 2.38. The molecule has 1 unspecified atom stereocenters. The molecule has 1 N–H and O–H groups in total. The van der Waals surface area contributed by atoms with E-state index in [1.165, 1.54) is 0 Å². The van der Waals surface area contributed by atoms with E-state index in [-0.39, 0.29) is 0 Å². The fourth-order valence-corrected chi connectivity index (χ4v) is 1.44. The molecule has 0 spiro atoms. The fraction of sp³-hybridized carbons (Fsp3) is 0.364. The molecule has 0 saturated heterocycles. The van der Waals surface area contributed by atoms with Crippen molar-refractivity contribution in [2.45, 2.75) is 19.2 Å². The summed E-state index contributed by atoms with van der Waals surface area (Å²) in [5.41, 5.74) is 1.51. The lowest BCUT2D eigenvalue weighted by Gasteiger charge is -2.12. The summed E-state index contributed by atoms with van der Waals surface area (Å²) in [4.78, 5) is 10.8. The molecule has 0 aliphatic carbocycles. The molecule has 0 aliphatic heterocycles. The zero-order valence-corrected chi connectivity index (χ0v) is 9.41. The number of aliphatic carboxylic acids is 1. The van der Waals surface area contributed by atoms with E-state index in [4.69, 9.17) is 21.4 Å². The van der Waals surface area contributed by atoms with Crippen LogP contribution in [-0.2, 0) is 4.79 Å². The number of carboxylic acid groups (broad SMARTS) is 1. The Bertz CT molecular complexity index is 363. The molecule has 0 aromatic heterocycles. The van der Waals surface area contributed by atoms with E-state index in [0.717, 1.165) is 5.56 Å². The summed E-state index contributed by atoms with van der Waals surface area (Å²) in [5, 5.41) is 7.75. The fourth-order valence-electron chi connectivity index (χ4n) is 1.26. The molecule has 0 saturated carbocycles. The van der Waals surface area contributed by atoms with Crippen molar-refractivity contribution in [3.63, 3.8) is 0 Å². The average molecular weight is 229 g/mol. The molecule has 1 aromatic carbocycles. The molecule has 3 nitrogen and oxygen atoms in total. The van der Waals surface area contributed by atoms with Crippen LogP contribution in [0.4, 0.5) is 0 Å². The molecule has 0 amide bonds. The number of hydrogen-bond donors (Lipinski definition) is 1. The monoisotopic (exact) mass is 228 g/mol. The number of benzene rings is 1. The van der Waals surface area contributed by atoms with Crippen molar-refractivity contribution < 1.29 is 14.6 Å². The molecule has 15 heavy (non-hydrogen) atoms. The first kappa shape index (κ1) is 11.9. The lowest BCUT2D eigenvalue weighted by atomic mass is 10.1. The van der Waals surface area contributed by atoms with E-state index < -0.39 is 11.3 Å². The summed E-state index contributed by atoms with van der Waals surface area (Å²) < 4.78 is 5.34. The second kappa shape index (κ2) is 5.03. The lowest BCUT2D eigenvalue weighted by Crippen LogP contribution is -2.07. The number of ether oxygens (including phenoxy) is 1. The highest BCUT2D eigenvalue weighted by Crippen LogP contribution is 2.30. The van der Waals surface area contributed by atoms with Crippen molar-refractivity contribution in [2.24, 2.45) is 0 Å². The highest BCUT2D eigenvalue weighted by molar-refractivity contribution is 6.29. The number of aryl methyl sites for hydroxylation is 1. The van der Waals surface area contributed by atoms with Crippen LogP contribution in [0.15, 0.2) is 18.2 Å². The van der Waals surface area contributed by atoms with Crippen LogP contribution < -0.4 is 4.74 Å². The highest BCUT2D eigenvalue weighted by atomic mass is 35.5. The minimum Gasteiger partial charge on any atom is -0.494 e. The van der Waals surface area contributed by atoms with Gasteiger partial charge < -0.3 is 9.84 Å². The molecule has 1 rings (SSSR count). The summed E-state index contributed by atoms with van der Waals surface area (Å²) in [5.74, 6) is -0.527. The van der Waals surface area contributed by atoms with Gasteiger partial charge in [-0.05, 0) is 25.5 Å². The molecular weight excluding hydrogens is 216 g/mol. The Labute approximate surface area is 93.6 Å². The summed E-state index contributed by atoms with van der Waals surface area (Å²) in [6, 6.07) is 5.29. The molecule has 0 bridgehead atoms. The molecular formula is C11H13ClO3. The molecule has 0 radical (unpaired) electrons. The predicted molar refractivity (Wildman–Crippen MR) is 58.6 cm³/mol. The summed E-state index contributed by atoms with van der Waals surface area (Å²) in [6.07, 6.45) is 0. The Morgan fingerprint density at radius 3 is 2.80 bits per heavy atom. The van der Waals surface area contributed by atoms with Crippen molar-refractivity contribution >= 4 is 17.6 Å². The molecule has 1 atom stereocenters. The Morgan fingerprint density at radius 2 is 2.27 bits per heavy atom. The number of carbonyl (C=O) groups is 1. The van der Waals surface area contributed by atoms with Crippen LogP contribution in [0.1, 0.15) is 23.4 Å². The molecule has 0 fully saturated rings. The van der Waals surface area contributed by atoms with Gasteiger partial charge in [0.25, 0.3) is 0 Å². The molecule has 4 heteroatoms. The quantitative estimate of drug-likeness (QED) is 0.806. The number of rotatable bonds is 4. The van der Waals surface area contributed by atoms with E-state index in [9.17, 15) is 4.79 Å². The molecule has 0 heterocycles. The predicted octanol–water partition coefficient (Wildman–Crippen LogP) is 2.76. The van der Waals surface area contributed by atoms with Gasteiger partial charge in [-0.25, -0.2) is 0 Å². The van der Waals surface area contributed by atoms with Crippen molar-refractivity contribution in [3.05, 3.63) is 29.3 Å². The average Bonchev–Trinajstić information content (AvgIpc) is 2.17. The Balaban J connectivity index is 3.10. The Morgan fingerprint density at radius 1 is 1.60 bits per heavy atom. The summed E-state index contributed by atoms with van der Waals surface area (Å²) in [7, 11) is 0. The third-order valence-electron chi connectivity index (χ3n) is 1.96. The van der Waals surface area contributed by atoms with Crippen LogP contribution in [0, 0.1) is 6.92 Å². The zero-order valence-electron chi connectivity index (χ0n) is 8.66. The van der Waals surface area contributed by atoms with Crippen LogP contribution >= 0.6 is 11.6 Å². The number of halogens is 1. The van der Waals surface area contributed by atoms with Gasteiger partial charge in [0, 0.05) is 5.56 Å². The second-order valence-corrected chi connectivity index (χ2v) is 3.61. The van der Waals surface area contributed by atoms with Gasteiger partial charge in [-0.2, -0.15) is 0 Å². The van der Waals surface area contributed by atoms with Gasteiger partial charge >= 0.3 is 5.97 Å². The van der Waals surface area contributed by atoms with Gasteiger partial charge in [0.1, 0.15) is 5.75 Å². The maximum absolute atomic E-state index is 10.8. The van der Waals surface area contributed by atoms with E-state index >= 15 is 0 Å². The first-order valence-corrected chi connectivity index (χ1v) is 5.10.